The summed E-state index contributed by atoms with van der Waals surface area (Å²) in [5.41, 5.74) is -3.97. The number of hydrogen-bond acceptors (Lipinski definition) is 9. The minimum Gasteiger partial charge on any atom is -0.768 e. The van der Waals surface area contributed by atoms with Crippen molar-refractivity contribution < 1.29 is 67.4 Å². The minimum atomic E-state index is -7.07. The van der Waals surface area contributed by atoms with Gasteiger partial charge in [0.25, 0.3) is 5.91 Å². The van der Waals surface area contributed by atoms with Gasteiger partial charge < -0.3 is 14.0 Å². The van der Waals surface area contributed by atoms with Crippen LogP contribution in [0.5, 0.6) is 0 Å². The summed E-state index contributed by atoms with van der Waals surface area (Å²) in [6, 6.07) is 2.15. The van der Waals surface area contributed by atoms with Gasteiger partial charge >= 0.3 is 38.4 Å². The molecule has 2 saturated carbocycles. The molecule has 1 aromatic carbocycles. The molecule has 0 aromatic heterocycles. The Hall–Kier alpha value is -2.73. The number of amides is 1. The van der Waals surface area contributed by atoms with E-state index in [0.717, 1.165) is 31.7 Å². The van der Waals surface area contributed by atoms with Gasteiger partial charge in [-0.05, 0) is 83.4 Å². The highest BCUT2D eigenvalue weighted by molar-refractivity contribution is 7.91. The van der Waals surface area contributed by atoms with E-state index in [1.165, 1.54) is 0 Å². The highest BCUT2D eigenvalue weighted by Crippen LogP contribution is 2.49. The summed E-state index contributed by atoms with van der Waals surface area (Å²) < 4.78 is 139. The number of ether oxygens (including phenoxy) is 2. The highest BCUT2D eigenvalue weighted by atomic mass is 32.2. The fraction of sp³-hybridized carbons (Fsp3) is 0.625. The van der Waals surface area contributed by atoms with Gasteiger partial charge in [-0.15, -0.1) is 0 Å². The number of esters is 2. The van der Waals surface area contributed by atoms with Gasteiger partial charge in [-0.3, -0.25) is 9.00 Å². The van der Waals surface area contributed by atoms with E-state index in [-0.39, 0.29) is 0 Å². The minimum absolute atomic E-state index is 0.465. The molecule has 1 amide bonds. The lowest BCUT2D eigenvalue weighted by Gasteiger charge is -2.32. The van der Waals surface area contributed by atoms with Crippen LogP contribution < -0.4 is 4.72 Å². The number of halogens is 6. The largest absolute Gasteiger partial charge is 0.768 e. The van der Waals surface area contributed by atoms with Crippen LogP contribution >= 0.6 is 0 Å². The van der Waals surface area contributed by atoms with Crippen LogP contribution in [0.15, 0.2) is 18.2 Å². The standard InChI is InChI=1S/C24H27F6NO9S2/c1-20(7-3-4-8-20)39-18(33)15-11-14(12-16(13-15)19(34)40-21(2)9-5-6-10-21)17(32)31-42(37,38)24(29,30)22(25,26)23(27,28)41(35)36/h11-13H,3-10H2,1-2H3,(H,31,32)(H,35,36)/p-1. The molecule has 2 aliphatic carbocycles. The molecular formula is C24H26F6NO9S2-. The number of alkyl halides is 6. The van der Waals surface area contributed by atoms with E-state index in [1.54, 1.807) is 13.8 Å². The monoisotopic (exact) mass is 650 g/mol. The Bertz CT molecular complexity index is 1330. The molecule has 2 fully saturated rings. The number of benzene rings is 1. The van der Waals surface area contributed by atoms with Crippen molar-refractivity contribution in [2.75, 3.05) is 0 Å². The average Bonchev–Trinajstić information content (AvgIpc) is 3.50. The van der Waals surface area contributed by atoms with E-state index >= 15 is 0 Å². The normalized spacial score (nSPS) is 19.6. The predicted octanol–water partition coefficient (Wildman–Crippen LogP) is 4.43. The SMILES string of the molecule is CC1(OC(=O)c2cc(C(=O)NS(=O)(=O)C(F)(F)C(F)(F)C(F)(F)S(=O)[O-])cc(C(=O)OC3(C)CCCC3)c2)CCCC1. The van der Waals surface area contributed by atoms with Gasteiger partial charge in [0, 0.05) is 16.6 Å². The second-order valence-corrected chi connectivity index (χ2v) is 13.4. The lowest BCUT2D eigenvalue weighted by atomic mass is 10.0. The number of sulfonamides is 1. The zero-order valence-corrected chi connectivity index (χ0v) is 23.8. The molecule has 0 radical (unpaired) electrons. The van der Waals surface area contributed by atoms with Crippen LogP contribution in [0, 0.1) is 0 Å². The molecule has 18 heteroatoms. The maximum atomic E-state index is 14.2. The van der Waals surface area contributed by atoms with Crippen molar-refractivity contribution in [2.24, 2.45) is 0 Å². The van der Waals surface area contributed by atoms with Crippen LogP contribution in [0.25, 0.3) is 0 Å². The lowest BCUT2D eigenvalue weighted by molar-refractivity contribution is -0.244. The molecule has 3 rings (SSSR count). The van der Waals surface area contributed by atoms with Crippen LogP contribution in [0.2, 0.25) is 0 Å². The number of carbonyl (C=O) groups is 3. The molecule has 1 aromatic rings. The first-order valence-corrected chi connectivity index (χ1v) is 15.0. The Morgan fingerprint density at radius 1 is 0.810 bits per heavy atom. The van der Waals surface area contributed by atoms with E-state index < -0.39 is 83.3 Å². The molecule has 1 unspecified atom stereocenters. The molecule has 1 N–H and O–H groups in total. The zero-order valence-electron chi connectivity index (χ0n) is 22.1. The molecule has 0 saturated heterocycles. The molecule has 10 nitrogen and oxygen atoms in total. The van der Waals surface area contributed by atoms with E-state index in [2.05, 4.69) is 0 Å². The van der Waals surface area contributed by atoms with E-state index in [9.17, 15) is 57.9 Å². The molecule has 0 aliphatic heterocycles. The van der Waals surface area contributed by atoms with Crippen molar-refractivity contribution in [1.82, 2.24) is 4.72 Å². The molecule has 42 heavy (non-hydrogen) atoms. The zero-order chi connectivity index (χ0) is 31.9. The Morgan fingerprint density at radius 3 is 1.52 bits per heavy atom. The van der Waals surface area contributed by atoms with Crippen molar-refractivity contribution in [3.8, 4) is 0 Å². The van der Waals surface area contributed by atoms with Crippen LogP contribution in [0.3, 0.4) is 0 Å². The Labute approximate surface area is 238 Å². The highest BCUT2D eigenvalue weighted by Gasteiger charge is 2.78. The van der Waals surface area contributed by atoms with Crippen molar-refractivity contribution in [3.63, 3.8) is 0 Å². The Morgan fingerprint density at radius 2 is 1.17 bits per heavy atom. The van der Waals surface area contributed by atoms with Gasteiger partial charge in [-0.1, -0.05) is 0 Å². The summed E-state index contributed by atoms with van der Waals surface area (Å²) in [5, 5.41) is -13.4. The third kappa shape index (κ3) is 6.44. The smallest absolute Gasteiger partial charge is 0.432 e. The van der Waals surface area contributed by atoms with Gasteiger partial charge in [-0.25, -0.2) is 14.3 Å². The van der Waals surface area contributed by atoms with Crippen LogP contribution in [0.1, 0.15) is 96.3 Å². The molecular weight excluding hydrogens is 624 g/mol. The van der Waals surface area contributed by atoms with Crippen molar-refractivity contribution in [2.45, 2.75) is 92.8 Å². The first-order chi connectivity index (χ1) is 19.1. The molecule has 0 heterocycles. The lowest BCUT2D eigenvalue weighted by Crippen LogP contribution is -2.62. The summed E-state index contributed by atoms with van der Waals surface area (Å²) in [6.07, 6.45) is 4.74. The van der Waals surface area contributed by atoms with Crippen LogP contribution in [-0.2, 0) is 30.6 Å². The topological polar surface area (TPSA) is 156 Å². The molecule has 2 aliphatic rings. The maximum absolute atomic E-state index is 14.2. The van der Waals surface area contributed by atoms with E-state index in [1.807, 2.05) is 0 Å². The molecule has 0 spiro atoms. The number of hydrogen-bond donors (Lipinski definition) is 1. The molecule has 236 valence electrons. The fourth-order valence-electron chi connectivity index (χ4n) is 4.70. The van der Waals surface area contributed by atoms with Gasteiger partial charge in [-0.2, -0.15) is 34.8 Å². The van der Waals surface area contributed by atoms with E-state index in [4.69, 9.17) is 9.47 Å². The van der Waals surface area contributed by atoms with Crippen LogP contribution in [-0.4, -0.2) is 62.7 Å². The fourth-order valence-corrected chi connectivity index (χ4v) is 6.06. The second-order valence-electron chi connectivity index (χ2n) is 10.7. The van der Waals surface area contributed by atoms with Gasteiger partial charge in [0.05, 0.1) is 11.1 Å². The average molecular weight is 651 g/mol. The first-order valence-electron chi connectivity index (χ1n) is 12.5. The van der Waals surface area contributed by atoms with Crippen LogP contribution in [0.4, 0.5) is 26.3 Å². The Kier molecular flexibility index (Phi) is 9.17. The summed E-state index contributed by atoms with van der Waals surface area (Å²) >= 11 is -5.20. The Balaban J connectivity index is 2.00. The number of carbonyl (C=O) groups excluding carboxylic acids is 3. The third-order valence-corrected chi connectivity index (χ3v) is 9.23. The summed E-state index contributed by atoms with van der Waals surface area (Å²) in [7, 11) is -7.07. The summed E-state index contributed by atoms with van der Waals surface area (Å²) in [6.45, 7) is 3.23. The molecule has 1 atom stereocenters. The van der Waals surface area contributed by atoms with E-state index in [0.29, 0.717) is 42.5 Å². The summed E-state index contributed by atoms with van der Waals surface area (Å²) in [4.78, 5) is 38.6. The predicted molar refractivity (Wildman–Crippen MR) is 131 cm³/mol. The van der Waals surface area contributed by atoms with Crippen molar-refractivity contribution >= 4 is 38.9 Å². The van der Waals surface area contributed by atoms with Crippen molar-refractivity contribution in [3.05, 3.63) is 34.9 Å². The maximum Gasteiger partial charge on any atom is 0.432 e. The number of rotatable bonds is 10. The second kappa shape index (κ2) is 11.4. The third-order valence-electron chi connectivity index (χ3n) is 7.17. The van der Waals surface area contributed by atoms with Gasteiger partial charge in [0.1, 0.15) is 11.2 Å². The summed E-state index contributed by atoms with van der Waals surface area (Å²) in [5.74, 6) is -11.4. The first kappa shape index (κ1) is 33.8. The molecule has 0 bridgehead atoms. The van der Waals surface area contributed by atoms with Gasteiger partial charge in [0.2, 0.25) is 0 Å². The van der Waals surface area contributed by atoms with Gasteiger partial charge in [0.15, 0.2) is 0 Å². The quantitative estimate of drug-likeness (QED) is 0.220. The van der Waals surface area contributed by atoms with Crippen molar-refractivity contribution in [1.29, 1.82) is 0 Å². The number of nitrogens with one attached hydrogen (secondary N) is 1.